The van der Waals surface area contributed by atoms with E-state index in [1.165, 1.54) is 10.5 Å². The van der Waals surface area contributed by atoms with Crippen LogP contribution >= 0.6 is 27.7 Å². The maximum absolute atomic E-state index is 10.1. The third kappa shape index (κ3) is 4.37. The van der Waals surface area contributed by atoms with Crippen LogP contribution in [-0.4, -0.2) is 17.0 Å². The number of benzene rings is 2. The molecule has 0 aliphatic heterocycles. The van der Waals surface area contributed by atoms with E-state index in [0.29, 0.717) is 12.2 Å². The minimum Gasteiger partial charge on any atom is -0.392 e. The van der Waals surface area contributed by atoms with Gasteiger partial charge in [0.15, 0.2) is 0 Å². The van der Waals surface area contributed by atoms with Crippen molar-refractivity contribution in [3.8, 4) is 0 Å². The molecule has 2 aromatic carbocycles. The van der Waals surface area contributed by atoms with E-state index in [1.54, 1.807) is 11.8 Å². The molecule has 0 heterocycles. The van der Waals surface area contributed by atoms with Crippen LogP contribution in [0.2, 0.25) is 0 Å². The zero-order chi connectivity index (χ0) is 13.7. The fourth-order valence-corrected chi connectivity index (χ4v) is 3.29. The lowest BCUT2D eigenvalue weighted by Gasteiger charge is -2.12. The molecule has 0 aliphatic rings. The third-order valence-electron chi connectivity index (χ3n) is 2.94. The average Bonchev–Trinajstić information content (AvgIpc) is 2.40. The highest BCUT2D eigenvalue weighted by Crippen LogP contribution is 2.24. The number of hydrogen-bond acceptors (Lipinski definition) is 2. The summed E-state index contributed by atoms with van der Waals surface area (Å²) < 4.78 is 1.06. The normalized spacial score (nSPS) is 12.4. The van der Waals surface area contributed by atoms with E-state index in [1.807, 2.05) is 36.4 Å². The molecule has 3 heteroatoms. The van der Waals surface area contributed by atoms with Gasteiger partial charge in [-0.05, 0) is 30.2 Å². The van der Waals surface area contributed by atoms with Gasteiger partial charge >= 0.3 is 0 Å². The van der Waals surface area contributed by atoms with Gasteiger partial charge in [0, 0.05) is 21.5 Å². The number of aryl methyl sites for hydroxylation is 1. The van der Waals surface area contributed by atoms with Crippen molar-refractivity contribution in [2.45, 2.75) is 24.3 Å². The Kier molecular flexibility index (Phi) is 5.49. The van der Waals surface area contributed by atoms with Gasteiger partial charge in [0.2, 0.25) is 0 Å². The number of halogens is 1. The first-order chi connectivity index (χ1) is 9.16. The molecule has 1 atom stereocenters. The molecule has 0 aliphatic carbocycles. The Morgan fingerprint density at radius 2 is 1.79 bits per heavy atom. The van der Waals surface area contributed by atoms with Crippen LogP contribution in [0.5, 0.6) is 0 Å². The highest BCUT2D eigenvalue weighted by molar-refractivity contribution is 9.10. The molecular formula is C16H17BrOS. The number of thioether (sulfide) groups is 1. The van der Waals surface area contributed by atoms with Gasteiger partial charge in [0.25, 0.3) is 0 Å². The predicted molar refractivity (Wildman–Crippen MR) is 85.8 cm³/mol. The van der Waals surface area contributed by atoms with Crippen LogP contribution < -0.4 is 0 Å². The summed E-state index contributed by atoms with van der Waals surface area (Å²) in [5.41, 5.74) is 2.42. The van der Waals surface area contributed by atoms with Crippen molar-refractivity contribution in [3.05, 3.63) is 64.1 Å². The molecule has 2 aromatic rings. The van der Waals surface area contributed by atoms with E-state index >= 15 is 0 Å². The lowest BCUT2D eigenvalue weighted by Crippen LogP contribution is -2.13. The maximum atomic E-state index is 10.1. The molecule has 100 valence electrons. The van der Waals surface area contributed by atoms with Crippen LogP contribution in [0.25, 0.3) is 0 Å². The monoisotopic (exact) mass is 336 g/mol. The van der Waals surface area contributed by atoms with Gasteiger partial charge in [0.05, 0.1) is 6.10 Å². The first-order valence-corrected chi connectivity index (χ1v) is 8.04. The summed E-state index contributed by atoms with van der Waals surface area (Å²) in [4.78, 5) is 1.24. The fraction of sp³-hybridized carbons (Fsp3) is 0.250. The van der Waals surface area contributed by atoms with E-state index in [4.69, 9.17) is 0 Å². The Labute approximate surface area is 127 Å². The molecule has 0 fully saturated rings. The van der Waals surface area contributed by atoms with Crippen LogP contribution in [0.15, 0.2) is 57.9 Å². The van der Waals surface area contributed by atoms with E-state index in [9.17, 15) is 5.11 Å². The van der Waals surface area contributed by atoms with Crippen LogP contribution in [0.4, 0.5) is 0 Å². The highest BCUT2D eigenvalue weighted by atomic mass is 79.9. The summed E-state index contributed by atoms with van der Waals surface area (Å²) in [5.74, 6) is 0.714. The molecule has 19 heavy (non-hydrogen) atoms. The second-order valence-corrected chi connectivity index (χ2v) is 6.44. The molecule has 0 radical (unpaired) electrons. The topological polar surface area (TPSA) is 20.2 Å². The van der Waals surface area contributed by atoms with Crippen LogP contribution in [0.3, 0.4) is 0 Å². The quantitative estimate of drug-likeness (QED) is 0.814. The SMILES string of the molecule is Cc1ccccc1SCC(O)Cc1ccccc1Br. The van der Waals surface area contributed by atoms with Crippen molar-refractivity contribution in [1.82, 2.24) is 0 Å². The number of aliphatic hydroxyl groups excluding tert-OH is 1. The Balaban J connectivity index is 1.90. The smallest absolute Gasteiger partial charge is 0.0674 e. The van der Waals surface area contributed by atoms with Gasteiger partial charge in [-0.1, -0.05) is 52.3 Å². The van der Waals surface area contributed by atoms with Gasteiger partial charge in [-0.15, -0.1) is 11.8 Å². The van der Waals surface area contributed by atoms with Gasteiger partial charge in [-0.25, -0.2) is 0 Å². The summed E-state index contributed by atoms with van der Waals surface area (Å²) in [7, 11) is 0. The highest BCUT2D eigenvalue weighted by Gasteiger charge is 2.09. The molecule has 2 rings (SSSR count). The summed E-state index contributed by atoms with van der Waals surface area (Å²) in [6.07, 6.45) is 0.351. The third-order valence-corrected chi connectivity index (χ3v) is 5.03. The minimum absolute atomic E-state index is 0.330. The van der Waals surface area contributed by atoms with Gasteiger partial charge < -0.3 is 5.11 Å². The van der Waals surface area contributed by atoms with Gasteiger partial charge in [-0.3, -0.25) is 0 Å². The Morgan fingerprint density at radius 1 is 1.11 bits per heavy atom. The van der Waals surface area contributed by atoms with Crippen molar-refractivity contribution >= 4 is 27.7 Å². The number of hydrogen-bond donors (Lipinski definition) is 1. The molecule has 0 aromatic heterocycles. The van der Waals surface area contributed by atoms with Crippen molar-refractivity contribution < 1.29 is 5.11 Å². The first-order valence-electron chi connectivity index (χ1n) is 6.26. The van der Waals surface area contributed by atoms with Crippen molar-refractivity contribution in [2.24, 2.45) is 0 Å². The zero-order valence-corrected chi connectivity index (χ0v) is 13.2. The van der Waals surface area contributed by atoms with Crippen molar-refractivity contribution in [1.29, 1.82) is 0 Å². The molecule has 1 unspecified atom stereocenters. The Bertz CT molecular complexity index is 542. The molecule has 0 bridgehead atoms. The molecule has 0 spiro atoms. The number of aliphatic hydroxyl groups is 1. The van der Waals surface area contributed by atoms with Crippen LogP contribution in [0.1, 0.15) is 11.1 Å². The second-order valence-electron chi connectivity index (χ2n) is 4.53. The van der Waals surface area contributed by atoms with Crippen LogP contribution in [-0.2, 0) is 6.42 Å². The maximum Gasteiger partial charge on any atom is 0.0674 e. The van der Waals surface area contributed by atoms with Crippen molar-refractivity contribution in [3.63, 3.8) is 0 Å². The largest absolute Gasteiger partial charge is 0.392 e. The van der Waals surface area contributed by atoms with Crippen LogP contribution in [0, 0.1) is 6.92 Å². The van der Waals surface area contributed by atoms with Crippen molar-refractivity contribution in [2.75, 3.05) is 5.75 Å². The summed E-state index contributed by atoms with van der Waals surface area (Å²) >= 11 is 5.23. The van der Waals surface area contributed by atoms with E-state index in [0.717, 1.165) is 10.0 Å². The summed E-state index contributed by atoms with van der Waals surface area (Å²) in [5, 5.41) is 10.1. The molecule has 0 amide bonds. The molecule has 0 saturated heterocycles. The zero-order valence-electron chi connectivity index (χ0n) is 10.8. The predicted octanol–water partition coefficient (Wildman–Crippen LogP) is 4.45. The summed E-state index contributed by atoms with van der Waals surface area (Å²) in [6, 6.07) is 16.3. The lowest BCUT2D eigenvalue weighted by atomic mass is 10.1. The molecule has 1 N–H and O–H groups in total. The second kappa shape index (κ2) is 7.13. The average molecular weight is 337 g/mol. The van der Waals surface area contributed by atoms with E-state index < -0.39 is 0 Å². The van der Waals surface area contributed by atoms with Gasteiger partial charge in [-0.2, -0.15) is 0 Å². The Hall–Kier alpha value is -0.770. The molecule has 1 nitrogen and oxygen atoms in total. The molecular weight excluding hydrogens is 320 g/mol. The summed E-state index contributed by atoms with van der Waals surface area (Å²) in [6.45, 7) is 2.10. The first kappa shape index (κ1) is 14.6. The van der Waals surface area contributed by atoms with E-state index in [-0.39, 0.29) is 6.10 Å². The minimum atomic E-state index is -0.330. The standard InChI is InChI=1S/C16H17BrOS/c1-12-6-2-5-9-16(12)19-11-14(18)10-13-7-3-4-8-15(13)17/h2-9,14,18H,10-11H2,1H3. The molecule has 0 saturated carbocycles. The fourth-order valence-electron chi connectivity index (χ4n) is 1.88. The number of rotatable bonds is 5. The lowest BCUT2D eigenvalue weighted by molar-refractivity contribution is 0.200. The van der Waals surface area contributed by atoms with Gasteiger partial charge in [0.1, 0.15) is 0 Å². The van der Waals surface area contributed by atoms with E-state index in [2.05, 4.69) is 35.0 Å². The Morgan fingerprint density at radius 3 is 2.53 bits per heavy atom.